The lowest BCUT2D eigenvalue weighted by Crippen LogP contribution is -2.34. The van der Waals surface area contributed by atoms with Gasteiger partial charge >= 0.3 is 6.18 Å². The molecule has 0 saturated heterocycles. The number of aliphatic hydroxyl groups excluding tert-OH is 1. The topological polar surface area (TPSA) is 261 Å². The van der Waals surface area contributed by atoms with Gasteiger partial charge in [0.2, 0.25) is 11.5 Å². The number of alkyl halides is 3. The predicted molar refractivity (Wildman–Crippen MR) is 275 cm³/mol. The van der Waals surface area contributed by atoms with Gasteiger partial charge in [-0.3, -0.25) is 33.1 Å². The second-order valence-corrected chi connectivity index (χ2v) is 17.7. The first kappa shape index (κ1) is 56.3. The van der Waals surface area contributed by atoms with Crippen molar-refractivity contribution in [2.24, 2.45) is 0 Å². The van der Waals surface area contributed by atoms with Crippen molar-refractivity contribution in [2.75, 3.05) is 14.2 Å². The van der Waals surface area contributed by atoms with E-state index in [-0.39, 0.29) is 80.8 Å². The van der Waals surface area contributed by atoms with Gasteiger partial charge < -0.3 is 24.1 Å². The van der Waals surface area contributed by atoms with Gasteiger partial charge in [0.25, 0.3) is 22.2 Å². The number of nitriles is 2. The summed E-state index contributed by atoms with van der Waals surface area (Å²) in [5, 5.41) is 37.3. The maximum atomic E-state index is 13.4. The molecule has 4 aromatic carbocycles. The summed E-state index contributed by atoms with van der Waals surface area (Å²) in [6.45, 7) is 2.51. The van der Waals surface area contributed by atoms with Crippen molar-refractivity contribution < 1.29 is 42.0 Å². The van der Waals surface area contributed by atoms with Gasteiger partial charge in [-0.1, -0.05) is 47.5 Å². The number of ether oxygens (including phenoxy) is 4. The number of aliphatic hydroxyl groups is 1. The van der Waals surface area contributed by atoms with Crippen molar-refractivity contribution in [3.05, 3.63) is 217 Å². The molecule has 20 nitrogen and oxygen atoms in total. The summed E-state index contributed by atoms with van der Waals surface area (Å²) in [5.41, 5.74) is -1.56. The first-order chi connectivity index (χ1) is 37.2. The molecule has 1 N–H and O–H groups in total. The second kappa shape index (κ2) is 24.5. The SMILES string of the molecule is COc1ccc(Cn2nc(Cn3cnc(C)c(Oc4cc(Cl)cc(C#N)c4)c3=O)cc(C(O)C(F)(F)F)c2=O)cc1.COc1ccc(Cn2nc(Cn3cnc(C)c(Oc4cc(Cl)cc(C#N)c4)c3=O)cc(C=O)c2=O)cc1. The van der Waals surface area contributed by atoms with Crippen LogP contribution in [0.25, 0.3) is 0 Å². The minimum Gasteiger partial charge on any atom is -0.497 e. The average Bonchev–Trinajstić information content (AvgIpc) is 3.49. The Morgan fingerprint density at radius 3 is 1.44 bits per heavy atom. The number of benzene rings is 4. The summed E-state index contributed by atoms with van der Waals surface area (Å²) in [6.07, 6.45) is -5.29. The number of aldehydes is 1. The summed E-state index contributed by atoms with van der Waals surface area (Å²) < 4.78 is 66.2. The van der Waals surface area contributed by atoms with Crippen molar-refractivity contribution in [1.29, 1.82) is 10.5 Å². The van der Waals surface area contributed by atoms with E-state index in [1.54, 1.807) is 62.6 Å². The van der Waals surface area contributed by atoms with Gasteiger partial charge in [-0.2, -0.15) is 33.9 Å². The Labute approximate surface area is 449 Å². The van der Waals surface area contributed by atoms with Gasteiger partial charge in [-0.05, 0) is 97.8 Å². The van der Waals surface area contributed by atoms with Crippen LogP contribution < -0.4 is 41.2 Å². The van der Waals surface area contributed by atoms with Gasteiger partial charge in [0.05, 0.1) is 110 Å². The predicted octanol–water partition coefficient (Wildman–Crippen LogP) is 7.47. The molecule has 1 unspecified atom stereocenters. The van der Waals surface area contributed by atoms with E-state index in [0.29, 0.717) is 34.7 Å². The van der Waals surface area contributed by atoms with Crippen molar-refractivity contribution in [2.45, 2.75) is 52.3 Å². The van der Waals surface area contributed by atoms with E-state index in [1.807, 2.05) is 12.1 Å². The lowest BCUT2D eigenvalue weighted by atomic mass is 10.1. The summed E-state index contributed by atoms with van der Waals surface area (Å²) in [6, 6.07) is 28.1. The molecule has 25 heteroatoms. The molecule has 8 rings (SSSR count). The third-order valence-corrected chi connectivity index (χ3v) is 11.7. The molecule has 398 valence electrons. The van der Waals surface area contributed by atoms with Crippen molar-refractivity contribution in [3.8, 4) is 46.6 Å². The number of rotatable bonds is 16. The second-order valence-electron chi connectivity index (χ2n) is 16.8. The van der Waals surface area contributed by atoms with E-state index in [0.717, 1.165) is 27.2 Å². The Morgan fingerprint density at radius 2 is 1.04 bits per heavy atom. The maximum absolute atomic E-state index is 13.4. The molecule has 4 heterocycles. The van der Waals surface area contributed by atoms with Crippen LogP contribution in [0.3, 0.4) is 0 Å². The zero-order chi connectivity index (χ0) is 56.4. The largest absolute Gasteiger partial charge is 0.497 e. The van der Waals surface area contributed by atoms with Crippen LogP contribution >= 0.6 is 23.2 Å². The van der Waals surface area contributed by atoms with E-state index >= 15 is 0 Å². The lowest BCUT2D eigenvalue weighted by Gasteiger charge is -2.17. The van der Waals surface area contributed by atoms with E-state index in [9.17, 15) is 47.5 Å². The Morgan fingerprint density at radius 1 is 0.615 bits per heavy atom. The normalized spacial score (nSPS) is 11.3. The monoisotopic (exact) mass is 1100 g/mol. The Bertz CT molecular complexity index is 3890. The number of hydrogen-bond donors (Lipinski definition) is 1. The van der Waals surface area contributed by atoms with Crippen LogP contribution in [-0.4, -0.2) is 70.5 Å². The van der Waals surface area contributed by atoms with Gasteiger partial charge in [0, 0.05) is 10.0 Å². The molecule has 0 amide bonds. The molecular weight excluding hydrogens is 1060 g/mol. The first-order valence-electron chi connectivity index (χ1n) is 22.8. The molecule has 0 aliphatic carbocycles. The van der Waals surface area contributed by atoms with E-state index in [4.69, 9.17) is 47.4 Å². The first-order valence-corrected chi connectivity index (χ1v) is 23.5. The highest BCUT2D eigenvalue weighted by Crippen LogP contribution is 2.32. The number of halogens is 5. The number of methoxy groups -OCH3 is 2. The highest BCUT2D eigenvalue weighted by atomic mass is 35.5. The van der Waals surface area contributed by atoms with E-state index in [1.165, 1.54) is 72.1 Å². The zero-order valence-corrected chi connectivity index (χ0v) is 42.9. The number of carbonyl (C=O) groups is 1. The van der Waals surface area contributed by atoms with Gasteiger partial charge in [-0.15, -0.1) is 0 Å². The average molecular weight is 1110 g/mol. The van der Waals surface area contributed by atoms with Crippen LogP contribution in [0.2, 0.25) is 10.0 Å². The summed E-state index contributed by atoms with van der Waals surface area (Å²) >= 11 is 12.1. The summed E-state index contributed by atoms with van der Waals surface area (Å²) in [5.74, 6) is 1.21. The number of carbonyl (C=O) groups excluding carboxylic acids is 1. The molecule has 8 aromatic rings. The van der Waals surface area contributed by atoms with Crippen molar-refractivity contribution >= 4 is 29.5 Å². The van der Waals surface area contributed by atoms with Gasteiger partial charge in [0.15, 0.2) is 12.4 Å². The summed E-state index contributed by atoms with van der Waals surface area (Å²) in [4.78, 5) is 72.0. The van der Waals surface area contributed by atoms with Crippen LogP contribution in [-0.2, 0) is 26.2 Å². The Hall–Kier alpha value is -9.42. The molecule has 78 heavy (non-hydrogen) atoms. The molecule has 0 aliphatic heterocycles. The zero-order valence-electron chi connectivity index (χ0n) is 41.4. The van der Waals surface area contributed by atoms with Crippen LogP contribution in [0.4, 0.5) is 13.2 Å². The molecule has 0 bridgehead atoms. The minimum atomic E-state index is -5.13. The number of hydrogen-bond acceptors (Lipinski definition) is 16. The van der Waals surface area contributed by atoms with Crippen molar-refractivity contribution in [1.82, 2.24) is 38.7 Å². The van der Waals surface area contributed by atoms with E-state index in [2.05, 4.69) is 20.2 Å². The molecule has 0 spiro atoms. The quantitative estimate of drug-likeness (QED) is 0.0920. The lowest BCUT2D eigenvalue weighted by molar-refractivity contribution is -0.207. The number of nitrogens with zero attached hydrogens (tertiary/aromatic N) is 10. The Kier molecular flexibility index (Phi) is 17.7. The highest BCUT2D eigenvalue weighted by Gasteiger charge is 2.41. The molecule has 0 saturated carbocycles. The van der Waals surface area contributed by atoms with Crippen LogP contribution in [0.1, 0.15) is 67.1 Å². The fourth-order valence-electron chi connectivity index (χ4n) is 7.39. The van der Waals surface area contributed by atoms with Gasteiger partial charge in [0.1, 0.15) is 23.0 Å². The number of aromatic nitrogens is 8. The van der Waals surface area contributed by atoms with Crippen LogP contribution in [0.5, 0.6) is 34.5 Å². The fourth-order valence-corrected chi connectivity index (χ4v) is 7.85. The van der Waals surface area contributed by atoms with Gasteiger partial charge in [-0.25, -0.2) is 19.3 Å². The molecule has 1 atom stereocenters. The molecule has 0 radical (unpaired) electrons. The van der Waals surface area contributed by atoms with Crippen LogP contribution in [0, 0.1) is 36.5 Å². The van der Waals surface area contributed by atoms with E-state index < -0.39 is 46.6 Å². The molecule has 0 fully saturated rings. The fraction of sp³-hybridized carbons (Fsp3) is 0.189. The molecule has 0 aliphatic rings. The molecule has 4 aromatic heterocycles. The molecular formula is C53H41Cl2F3N10O10. The maximum Gasteiger partial charge on any atom is 0.418 e. The third-order valence-electron chi connectivity index (χ3n) is 11.3. The number of aryl methyl sites for hydroxylation is 2. The van der Waals surface area contributed by atoms with Crippen LogP contribution in [0.15, 0.2) is 129 Å². The summed E-state index contributed by atoms with van der Waals surface area (Å²) in [7, 11) is 3.02. The standard InChI is InChI=1S/C27H21ClF3N5O5.C26H20ClN5O5/c1-15-23(41-21-8-17(11-32)7-18(28)9-21)26(39)35(14-33-15)13-19-10-22(24(37)27(29,30)31)25(38)36(34-19)12-16-3-5-20(40-2)6-4-16;1-16-24(37-23-8-18(11-28)7-20(27)10-23)26(35)31(15-29-16)13-21-9-19(14-33)25(34)32(30-21)12-17-3-5-22(36-2)6-4-17/h3-10,14,24,37H,12-13H2,1-2H3;3-10,14-15H,12-13H2,1-2H3. The Balaban J connectivity index is 0.000000227. The third kappa shape index (κ3) is 13.7. The minimum absolute atomic E-state index is 0.0594. The highest BCUT2D eigenvalue weighted by molar-refractivity contribution is 6.31. The van der Waals surface area contributed by atoms with Crippen molar-refractivity contribution in [3.63, 3.8) is 0 Å². The smallest absolute Gasteiger partial charge is 0.418 e.